The summed E-state index contributed by atoms with van der Waals surface area (Å²) in [6, 6.07) is 16.9. The lowest BCUT2D eigenvalue weighted by molar-refractivity contribution is 0.588. The van der Waals surface area contributed by atoms with Gasteiger partial charge in [0.25, 0.3) is 0 Å². The van der Waals surface area contributed by atoms with Crippen molar-refractivity contribution in [3.05, 3.63) is 78.1 Å². The first-order valence-electron chi connectivity index (χ1n) is 9.58. The van der Waals surface area contributed by atoms with E-state index in [0.717, 1.165) is 24.2 Å². The van der Waals surface area contributed by atoms with Gasteiger partial charge in [-0.1, -0.05) is 24.3 Å². The monoisotopic (exact) mass is 426 g/mol. The van der Waals surface area contributed by atoms with E-state index in [9.17, 15) is 8.42 Å². The Bertz CT molecular complexity index is 1060. The summed E-state index contributed by atoms with van der Waals surface area (Å²) in [6.07, 6.45) is 4.53. The largest absolute Gasteiger partial charge is 0.356 e. The quantitative estimate of drug-likeness (QED) is 0.376. The Kier molecular flexibility index (Phi) is 7.21. The maximum atomic E-state index is 11.8. The first-order chi connectivity index (χ1) is 14.5. The van der Waals surface area contributed by atoms with Crippen LogP contribution in [0.25, 0.3) is 5.69 Å². The van der Waals surface area contributed by atoms with Crippen LogP contribution in [0.1, 0.15) is 11.1 Å². The van der Waals surface area contributed by atoms with Gasteiger partial charge in [-0.05, 0) is 54.9 Å². The van der Waals surface area contributed by atoms with Crippen molar-refractivity contribution in [1.29, 1.82) is 0 Å². The van der Waals surface area contributed by atoms with E-state index in [-0.39, 0.29) is 4.90 Å². The van der Waals surface area contributed by atoms with Gasteiger partial charge >= 0.3 is 0 Å². The number of aromatic nitrogens is 2. The molecule has 0 amide bonds. The van der Waals surface area contributed by atoms with Gasteiger partial charge in [-0.25, -0.2) is 17.8 Å². The van der Waals surface area contributed by atoms with Crippen LogP contribution in [0, 0.1) is 0 Å². The third-order valence-electron chi connectivity index (χ3n) is 4.60. The van der Waals surface area contributed by atoms with Crippen molar-refractivity contribution in [2.75, 3.05) is 20.6 Å². The number of benzene rings is 2. The summed E-state index contributed by atoms with van der Waals surface area (Å²) in [5.74, 6) is 0.690. The Morgan fingerprint density at radius 3 is 2.33 bits per heavy atom. The average Bonchev–Trinajstić information content (AvgIpc) is 3.32. The fourth-order valence-electron chi connectivity index (χ4n) is 2.87. The van der Waals surface area contributed by atoms with Crippen molar-refractivity contribution < 1.29 is 8.42 Å². The van der Waals surface area contributed by atoms with Crippen molar-refractivity contribution in [3.63, 3.8) is 0 Å². The third kappa shape index (κ3) is 5.68. The lowest BCUT2D eigenvalue weighted by Gasteiger charge is -2.12. The number of sulfonamides is 1. The molecule has 8 nitrogen and oxygen atoms in total. The second kappa shape index (κ2) is 10.0. The molecule has 0 saturated carbocycles. The smallest absolute Gasteiger partial charge is 0.240 e. The predicted octanol–water partition coefficient (Wildman–Crippen LogP) is 1.69. The molecule has 3 N–H and O–H groups in total. The van der Waals surface area contributed by atoms with Crippen LogP contribution < -0.4 is 15.4 Å². The van der Waals surface area contributed by atoms with Crippen molar-refractivity contribution in [1.82, 2.24) is 25.1 Å². The summed E-state index contributed by atoms with van der Waals surface area (Å²) in [5, 5.41) is 10.8. The molecule has 0 spiro atoms. The van der Waals surface area contributed by atoms with Crippen LogP contribution >= 0.6 is 0 Å². The van der Waals surface area contributed by atoms with E-state index in [1.54, 1.807) is 37.5 Å². The van der Waals surface area contributed by atoms with Crippen LogP contribution in [0.5, 0.6) is 0 Å². The zero-order valence-corrected chi connectivity index (χ0v) is 17.9. The molecule has 1 heterocycles. The summed E-state index contributed by atoms with van der Waals surface area (Å²) >= 11 is 0. The van der Waals surface area contributed by atoms with Crippen molar-refractivity contribution >= 4 is 16.0 Å². The van der Waals surface area contributed by atoms with Crippen LogP contribution in [0.3, 0.4) is 0 Å². The zero-order valence-electron chi connectivity index (χ0n) is 17.0. The number of aliphatic imine (C=N–C) groups is 1. The topological polar surface area (TPSA) is 100 Å². The Morgan fingerprint density at radius 1 is 1.03 bits per heavy atom. The molecule has 0 saturated heterocycles. The maximum absolute atomic E-state index is 11.8. The zero-order chi connectivity index (χ0) is 21.4. The van der Waals surface area contributed by atoms with E-state index >= 15 is 0 Å². The lowest BCUT2D eigenvalue weighted by Crippen LogP contribution is -2.37. The molecular formula is C21H26N6O2S. The molecule has 0 atom stereocenters. The molecule has 3 aromatic rings. The fraction of sp³-hybridized carbons (Fsp3) is 0.238. The normalized spacial score (nSPS) is 12.0. The molecule has 0 aliphatic rings. The van der Waals surface area contributed by atoms with E-state index < -0.39 is 10.0 Å². The summed E-state index contributed by atoms with van der Waals surface area (Å²) in [4.78, 5) is 4.47. The van der Waals surface area contributed by atoms with Gasteiger partial charge in [0.05, 0.1) is 10.6 Å². The average molecular weight is 427 g/mol. The minimum absolute atomic E-state index is 0.245. The highest BCUT2D eigenvalue weighted by atomic mass is 32.2. The number of nitrogens with zero attached hydrogens (tertiary/aromatic N) is 3. The number of nitrogens with one attached hydrogen (secondary N) is 3. The van der Waals surface area contributed by atoms with Crippen LogP contribution in [-0.4, -0.2) is 44.8 Å². The Morgan fingerprint density at radius 2 is 1.73 bits per heavy atom. The first-order valence-corrected chi connectivity index (χ1v) is 11.1. The maximum Gasteiger partial charge on any atom is 0.240 e. The minimum atomic E-state index is -3.42. The molecule has 0 unspecified atom stereocenters. The van der Waals surface area contributed by atoms with Gasteiger partial charge in [-0.3, -0.25) is 4.99 Å². The van der Waals surface area contributed by atoms with Gasteiger partial charge in [-0.15, -0.1) is 0 Å². The van der Waals surface area contributed by atoms with E-state index in [1.807, 2.05) is 29.1 Å². The first kappa shape index (κ1) is 21.5. The molecule has 1 aromatic heterocycles. The molecule has 9 heteroatoms. The number of rotatable bonds is 8. The SMILES string of the molecule is CN=C(NCCc1ccc(-n2cccn2)cc1)NCc1ccc(S(=O)(=O)NC)cc1. The molecule has 0 aliphatic carbocycles. The molecular weight excluding hydrogens is 400 g/mol. The summed E-state index contributed by atoms with van der Waals surface area (Å²) in [7, 11) is -0.300. The second-order valence-corrected chi connectivity index (χ2v) is 8.46. The molecule has 158 valence electrons. The molecule has 0 bridgehead atoms. The van der Waals surface area contributed by atoms with E-state index in [2.05, 4.69) is 37.6 Å². The van der Waals surface area contributed by atoms with E-state index in [0.29, 0.717) is 12.5 Å². The molecule has 0 aliphatic heterocycles. The summed E-state index contributed by atoms with van der Waals surface area (Å²) in [5.41, 5.74) is 3.21. The summed E-state index contributed by atoms with van der Waals surface area (Å²) in [6.45, 7) is 1.28. The number of hydrogen-bond donors (Lipinski definition) is 3. The molecule has 30 heavy (non-hydrogen) atoms. The van der Waals surface area contributed by atoms with Crippen LogP contribution in [0.4, 0.5) is 0 Å². The molecule has 3 rings (SSSR count). The summed E-state index contributed by atoms with van der Waals surface area (Å²) < 4.78 is 27.7. The van der Waals surface area contributed by atoms with Gasteiger partial charge in [0.15, 0.2) is 5.96 Å². The van der Waals surface area contributed by atoms with Gasteiger partial charge in [0.2, 0.25) is 10.0 Å². The standard InChI is InChI=1S/C21H26N6O2S/c1-22-21(25-16-18-6-10-20(11-7-18)30(28,29)23-2)24-14-12-17-4-8-19(9-5-17)27-15-3-13-26-27/h3-11,13,15,23H,12,14,16H2,1-2H3,(H2,22,24,25). The van der Waals surface area contributed by atoms with Gasteiger partial charge in [-0.2, -0.15) is 5.10 Å². The predicted molar refractivity (Wildman–Crippen MR) is 118 cm³/mol. The van der Waals surface area contributed by atoms with Gasteiger partial charge in [0, 0.05) is 32.5 Å². The third-order valence-corrected chi connectivity index (χ3v) is 6.03. The lowest BCUT2D eigenvalue weighted by atomic mass is 10.1. The van der Waals surface area contributed by atoms with Gasteiger partial charge < -0.3 is 10.6 Å². The minimum Gasteiger partial charge on any atom is -0.356 e. The Balaban J connectivity index is 1.46. The van der Waals surface area contributed by atoms with Crippen LogP contribution in [0.15, 0.2) is 76.9 Å². The highest BCUT2D eigenvalue weighted by Gasteiger charge is 2.10. The second-order valence-electron chi connectivity index (χ2n) is 6.57. The molecule has 2 aromatic carbocycles. The van der Waals surface area contributed by atoms with Gasteiger partial charge in [0.1, 0.15) is 0 Å². The van der Waals surface area contributed by atoms with Crippen molar-refractivity contribution in [2.24, 2.45) is 4.99 Å². The van der Waals surface area contributed by atoms with Crippen LogP contribution in [0.2, 0.25) is 0 Å². The highest BCUT2D eigenvalue weighted by Crippen LogP contribution is 2.10. The number of hydrogen-bond acceptors (Lipinski definition) is 4. The Hall–Kier alpha value is -3.17. The van der Waals surface area contributed by atoms with Crippen LogP contribution in [-0.2, 0) is 23.0 Å². The fourth-order valence-corrected chi connectivity index (χ4v) is 3.60. The van der Waals surface area contributed by atoms with E-state index in [1.165, 1.54) is 12.6 Å². The van der Waals surface area contributed by atoms with Crippen molar-refractivity contribution in [2.45, 2.75) is 17.9 Å². The van der Waals surface area contributed by atoms with Crippen molar-refractivity contribution in [3.8, 4) is 5.69 Å². The highest BCUT2D eigenvalue weighted by molar-refractivity contribution is 7.89. The van der Waals surface area contributed by atoms with E-state index in [4.69, 9.17) is 0 Å². The molecule has 0 radical (unpaired) electrons. The Labute approximate surface area is 177 Å². The number of guanidine groups is 1. The molecule has 0 fully saturated rings.